The Kier molecular flexibility index (Phi) is 5.33. The second kappa shape index (κ2) is 7.42. The van der Waals surface area contributed by atoms with Gasteiger partial charge in [0.1, 0.15) is 0 Å². The highest BCUT2D eigenvalue weighted by Gasteiger charge is 2.08. The standard InChI is InChI=1S/C13H10N4O4S2/c18-12(19)8-2-1-3-9(6-8)15-13(22)16-14-7-10-4-5-11(23-10)17(20)21/h1-7H,(H,18,19)(H2,15,16,22). The van der Waals surface area contributed by atoms with E-state index < -0.39 is 10.9 Å². The van der Waals surface area contributed by atoms with Crippen molar-refractivity contribution in [2.75, 3.05) is 5.32 Å². The summed E-state index contributed by atoms with van der Waals surface area (Å²) in [5, 5.41) is 26.3. The minimum absolute atomic E-state index is 0.0256. The summed E-state index contributed by atoms with van der Waals surface area (Å²) in [7, 11) is 0. The summed E-state index contributed by atoms with van der Waals surface area (Å²) in [6.07, 6.45) is 1.40. The van der Waals surface area contributed by atoms with Gasteiger partial charge in [-0.15, -0.1) is 0 Å². The number of nitro groups is 1. The van der Waals surface area contributed by atoms with Gasteiger partial charge in [-0.3, -0.25) is 15.5 Å². The maximum absolute atomic E-state index is 10.9. The minimum atomic E-state index is -1.04. The van der Waals surface area contributed by atoms with E-state index in [-0.39, 0.29) is 15.7 Å². The zero-order valence-electron chi connectivity index (χ0n) is 11.4. The molecule has 0 spiro atoms. The predicted molar refractivity (Wildman–Crippen MR) is 91.3 cm³/mol. The molecule has 118 valence electrons. The van der Waals surface area contributed by atoms with E-state index in [1.807, 2.05) is 0 Å². The lowest BCUT2D eigenvalue weighted by molar-refractivity contribution is -0.380. The van der Waals surface area contributed by atoms with E-state index in [9.17, 15) is 14.9 Å². The van der Waals surface area contributed by atoms with Gasteiger partial charge in [-0.25, -0.2) is 4.79 Å². The molecule has 3 N–H and O–H groups in total. The molecule has 1 aromatic heterocycles. The maximum Gasteiger partial charge on any atom is 0.335 e. The molecule has 8 nitrogen and oxygen atoms in total. The molecule has 0 aliphatic carbocycles. The van der Waals surface area contributed by atoms with Crippen molar-refractivity contribution in [1.29, 1.82) is 0 Å². The Balaban J connectivity index is 1.91. The normalized spacial score (nSPS) is 10.4. The number of carboxylic acids is 1. The number of thiophene rings is 1. The fourth-order valence-electron chi connectivity index (χ4n) is 1.55. The molecule has 0 amide bonds. The van der Waals surface area contributed by atoms with E-state index in [1.54, 1.807) is 18.2 Å². The number of hydrazone groups is 1. The number of carbonyl (C=O) groups is 1. The van der Waals surface area contributed by atoms with Gasteiger partial charge in [0.05, 0.1) is 21.6 Å². The summed E-state index contributed by atoms with van der Waals surface area (Å²) >= 11 is 6.00. The van der Waals surface area contributed by atoms with Crippen LogP contribution in [-0.4, -0.2) is 27.3 Å². The van der Waals surface area contributed by atoms with Crippen LogP contribution in [0, 0.1) is 10.1 Å². The molecule has 1 aromatic carbocycles. The third-order valence-corrected chi connectivity index (χ3v) is 3.68. The Labute approximate surface area is 139 Å². The van der Waals surface area contributed by atoms with Crippen LogP contribution in [0.3, 0.4) is 0 Å². The fraction of sp³-hybridized carbons (Fsp3) is 0. The molecule has 0 bridgehead atoms. The molecule has 0 unspecified atom stereocenters. The van der Waals surface area contributed by atoms with Gasteiger partial charge >= 0.3 is 11.0 Å². The van der Waals surface area contributed by atoms with Crippen LogP contribution in [0.15, 0.2) is 41.5 Å². The molecule has 0 radical (unpaired) electrons. The first kappa shape index (κ1) is 16.5. The second-order valence-corrected chi connectivity index (χ2v) is 5.65. The summed E-state index contributed by atoms with van der Waals surface area (Å²) in [5.74, 6) is -1.04. The van der Waals surface area contributed by atoms with Gasteiger partial charge in [0.25, 0.3) is 0 Å². The summed E-state index contributed by atoms with van der Waals surface area (Å²) in [6, 6.07) is 9.10. The monoisotopic (exact) mass is 350 g/mol. The predicted octanol–water partition coefficient (Wildman–Crippen LogP) is 2.68. The summed E-state index contributed by atoms with van der Waals surface area (Å²) in [4.78, 5) is 21.6. The van der Waals surface area contributed by atoms with Crippen molar-refractivity contribution >= 4 is 51.5 Å². The van der Waals surface area contributed by atoms with Crippen LogP contribution >= 0.6 is 23.6 Å². The number of hydrogen-bond acceptors (Lipinski definition) is 6. The minimum Gasteiger partial charge on any atom is -0.478 e. The third kappa shape index (κ3) is 4.83. The Morgan fingerprint density at radius 3 is 2.83 bits per heavy atom. The number of rotatable bonds is 5. The van der Waals surface area contributed by atoms with Gasteiger partial charge in [0.15, 0.2) is 5.11 Å². The average molecular weight is 350 g/mol. The second-order valence-electron chi connectivity index (χ2n) is 4.14. The lowest BCUT2D eigenvalue weighted by Gasteiger charge is -2.07. The number of thiocarbonyl (C=S) groups is 1. The molecule has 2 aromatic rings. The smallest absolute Gasteiger partial charge is 0.335 e. The molecular formula is C13H10N4O4S2. The molecule has 0 aliphatic heterocycles. The van der Waals surface area contributed by atoms with Gasteiger partial charge in [0.2, 0.25) is 0 Å². The first-order chi connectivity index (χ1) is 11.0. The summed E-state index contributed by atoms with van der Waals surface area (Å²) < 4.78 is 0. The van der Waals surface area contributed by atoms with E-state index in [2.05, 4.69) is 15.8 Å². The Hall–Kier alpha value is -2.85. The van der Waals surface area contributed by atoms with Crippen LogP contribution in [0.25, 0.3) is 0 Å². The Morgan fingerprint density at radius 1 is 1.39 bits per heavy atom. The highest BCUT2D eigenvalue weighted by molar-refractivity contribution is 7.80. The van der Waals surface area contributed by atoms with Crippen LogP contribution in [0.2, 0.25) is 0 Å². The van der Waals surface area contributed by atoms with Crippen LogP contribution in [-0.2, 0) is 0 Å². The number of hydrogen-bond donors (Lipinski definition) is 3. The highest BCUT2D eigenvalue weighted by atomic mass is 32.1. The van der Waals surface area contributed by atoms with Crippen LogP contribution in [0.1, 0.15) is 15.2 Å². The van der Waals surface area contributed by atoms with E-state index in [0.717, 1.165) is 11.3 Å². The van der Waals surface area contributed by atoms with Gasteiger partial charge in [-0.2, -0.15) is 5.10 Å². The maximum atomic E-state index is 10.9. The lowest BCUT2D eigenvalue weighted by atomic mass is 10.2. The van der Waals surface area contributed by atoms with Crippen LogP contribution in [0.5, 0.6) is 0 Å². The third-order valence-electron chi connectivity index (χ3n) is 2.52. The van der Waals surface area contributed by atoms with Crippen molar-refractivity contribution in [3.8, 4) is 0 Å². The number of anilines is 1. The van der Waals surface area contributed by atoms with Crippen molar-refractivity contribution in [2.45, 2.75) is 0 Å². The molecule has 0 saturated carbocycles. The van der Waals surface area contributed by atoms with Gasteiger partial charge < -0.3 is 10.4 Å². The lowest BCUT2D eigenvalue weighted by Crippen LogP contribution is -2.23. The van der Waals surface area contributed by atoms with Crippen molar-refractivity contribution in [3.63, 3.8) is 0 Å². The molecule has 2 rings (SSSR count). The van der Waals surface area contributed by atoms with Gasteiger partial charge in [0, 0.05) is 11.8 Å². The summed E-state index contributed by atoms with van der Waals surface area (Å²) in [5.41, 5.74) is 3.18. The molecule has 0 fully saturated rings. The molecule has 10 heteroatoms. The average Bonchev–Trinajstić information content (AvgIpc) is 2.96. The quantitative estimate of drug-likeness (QED) is 0.328. The van der Waals surface area contributed by atoms with Crippen molar-refractivity contribution in [2.24, 2.45) is 5.10 Å². The van der Waals surface area contributed by atoms with E-state index >= 15 is 0 Å². The van der Waals surface area contributed by atoms with Crippen LogP contribution in [0.4, 0.5) is 10.7 Å². The Morgan fingerprint density at radius 2 is 2.17 bits per heavy atom. The summed E-state index contributed by atoms with van der Waals surface area (Å²) in [6.45, 7) is 0. The zero-order valence-corrected chi connectivity index (χ0v) is 13.1. The molecular weight excluding hydrogens is 340 g/mol. The zero-order chi connectivity index (χ0) is 16.8. The number of nitrogens with zero attached hydrogens (tertiary/aromatic N) is 2. The number of nitrogens with one attached hydrogen (secondary N) is 2. The molecule has 23 heavy (non-hydrogen) atoms. The molecule has 0 aliphatic rings. The van der Waals surface area contributed by atoms with E-state index in [1.165, 1.54) is 24.4 Å². The van der Waals surface area contributed by atoms with Crippen LogP contribution < -0.4 is 10.7 Å². The van der Waals surface area contributed by atoms with Gasteiger partial charge in [-0.05, 0) is 36.5 Å². The first-order valence-corrected chi connectivity index (χ1v) is 7.36. The first-order valence-electron chi connectivity index (χ1n) is 6.13. The Bertz CT molecular complexity index is 788. The van der Waals surface area contributed by atoms with E-state index in [4.69, 9.17) is 17.3 Å². The number of benzene rings is 1. The highest BCUT2D eigenvalue weighted by Crippen LogP contribution is 2.22. The number of aromatic carboxylic acids is 1. The SMILES string of the molecule is O=C(O)c1cccc(NC(=S)NN=Cc2ccc([N+](=O)[O-])s2)c1. The van der Waals surface area contributed by atoms with E-state index in [0.29, 0.717) is 10.6 Å². The molecule has 0 atom stereocenters. The van der Waals surface area contributed by atoms with Crippen molar-refractivity contribution in [3.05, 3.63) is 57.0 Å². The van der Waals surface area contributed by atoms with Crippen molar-refractivity contribution in [1.82, 2.24) is 5.43 Å². The number of carboxylic acid groups (broad SMARTS) is 1. The topological polar surface area (TPSA) is 117 Å². The molecule has 0 saturated heterocycles. The van der Waals surface area contributed by atoms with Crippen molar-refractivity contribution < 1.29 is 14.8 Å². The van der Waals surface area contributed by atoms with Gasteiger partial charge in [-0.1, -0.05) is 17.4 Å². The fourth-order valence-corrected chi connectivity index (χ4v) is 2.42. The largest absolute Gasteiger partial charge is 0.478 e. The molecule has 1 heterocycles.